The molecule has 0 unspecified atom stereocenters. The summed E-state index contributed by atoms with van der Waals surface area (Å²) in [4.78, 5) is 10.9. The molecular weight excluding hydrogens is 250 g/mol. The topological polar surface area (TPSA) is 38.2 Å². The Morgan fingerprint density at radius 1 is 1.25 bits per heavy atom. The van der Waals surface area contributed by atoms with Gasteiger partial charge in [0.1, 0.15) is 24.5 Å². The first-order valence-electron chi connectivity index (χ1n) is 7.06. The van der Waals surface area contributed by atoms with E-state index in [-0.39, 0.29) is 0 Å². The Kier molecular flexibility index (Phi) is 3.81. The second-order valence-corrected chi connectivity index (χ2v) is 5.13. The lowest BCUT2D eigenvalue weighted by atomic mass is 10.2. The fraction of sp³-hybridized carbons (Fsp3) is 0.375. The van der Waals surface area contributed by atoms with Crippen molar-refractivity contribution in [2.24, 2.45) is 0 Å². The summed E-state index contributed by atoms with van der Waals surface area (Å²) in [5.74, 6) is 1.94. The van der Waals surface area contributed by atoms with E-state index < -0.39 is 0 Å². The van der Waals surface area contributed by atoms with Gasteiger partial charge in [0.25, 0.3) is 0 Å². The van der Waals surface area contributed by atoms with Crippen LogP contribution >= 0.6 is 0 Å². The van der Waals surface area contributed by atoms with Crippen LogP contribution in [0.4, 0.5) is 5.82 Å². The van der Waals surface area contributed by atoms with Crippen molar-refractivity contribution in [3.63, 3.8) is 0 Å². The summed E-state index contributed by atoms with van der Waals surface area (Å²) in [5, 5.41) is 0. The largest absolute Gasteiger partial charge is 0.491 e. The van der Waals surface area contributed by atoms with Gasteiger partial charge in [0, 0.05) is 18.3 Å². The molecule has 1 aromatic carbocycles. The van der Waals surface area contributed by atoms with E-state index in [1.807, 2.05) is 43.3 Å². The molecule has 0 bridgehead atoms. The van der Waals surface area contributed by atoms with Crippen LogP contribution in [0.2, 0.25) is 0 Å². The normalized spacial score (nSPS) is 18.2. The summed E-state index contributed by atoms with van der Waals surface area (Å²) >= 11 is 0. The monoisotopic (exact) mass is 269 g/mol. The molecule has 1 aliphatic heterocycles. The smallest absolute Gasteiger partial charge is 0.132 e. The standard InChI is InChI=1S/C16H19N3O/c1-13-10-16(18-12-17-13)19-9-5-6-14(19)11-20-15-7-3-2-4-8-15/h2-4,7-8,10,12,14H,5-6,9,11H2,1H3/t14-/m0/s1. The van der Waals surface area contributed by atoms with Gasteiger partial charge in [-0.05, 0) is 31.9 Å². The highest BCUT2D eigenvalue weighted by Gasteiger charge is 2.26. The van der Waals surface area contributed by atoms with Crippen molar-refractivity contribution in [2.45, 2.75) is 25.8 Å². The lowest BCUT2D eigenvalue weighted by molar-refractivity contribution is 0.288. The van der Waals surface area contributed by atoms with Gasteiger partial charge in [-0.15, -0.1) is 0 Å². The molecule has 0 N–H and O–H groups in total. The summed E-state index contributed by atoms with van der Waals surface area (Å²) < 4.78 is 5.89. The van der Waals surface area contributed by atoms with E-state index in [1.54, 1.807) is 6.33 Å². The van der Waals surface area contributed by atoms with Gasteiger partial charge in [-0.2, -0.15) is 0 Å². The van der Waals surface area contributed by atoms with E-state index in [4.69, 9.17) is 4.74 Å². The minimum absolute atomic E-state index is 0.393. The molecule has 4 nitrogen and oxygen atoms in total. The maximum absolute atomic E-state index is 5.89. The molecule has 0 aliphatic carbocycles. The second-order valence-electron chi connectivity index (χ2n) is 5.13. The van der Waals surface area contributed by atoms with Crippen molar-refractivity contribution in [2.75, 3.05) is 18.1 Å². The highest BCUT2D eigenvalue weighted by atomic mass is 16.5. The number of aromatic nitrogens is 2. The number of para-hydroxylation sites is 1. The molecule has 0 radical (unpaired) electrons. The molecular formula is C16H19N3O. The zero-order chi connectivity index (χ0) is 13.8. The van der Waals surface area contributed by atoms with Crippen LogP contribution in [0.1, 0.15) is 18.5 Å². The lowest BCUT2D eigenvalue weighted by Crippen LogP contribution is -2.34. The molecule has 104 valence electrons. The summed E-state index contributed by atoms with van der Waals surface area (Å²) in [6, 6.07) is 12.4. The van der Waals surface area contributed by atoms with Crippen LogP contribution in [0.3, 0.4) is 0 Å². The highest BCUT2D eigenvalue weighted by molar-refractivity contribution is 5.41. The quantitative estimate of drug-likeness (QED) is 0.855. The first kappa shape index (κ1) is 12.9. The zero-order valence-corrected chi connectivity index (χ0v) is 11.7. The number of nitrogens with zero attached hydrogens (tertiary/aromatic N) is 3. The van der Waals surface area contributed by atoms with E-state index >= 15 is 0 Å². The Bertz CT molecular complexity index is 559. The van der Waals surface area contributed by atoms with Crippen LogP contribution < -0.4 is 9.64 Å². The third-order valence-corrected chi connectivity index (χ3v) is 3.65. The Hall–Kier alpha value is -2.10. The minimum Gasteiger partial charge on any atom is -0.491 e. The third kappa shape index (κ3) is 2.90. The van der Waals surface area contributed by atoms with E-state index in [0.717, 1.165) is 30.2 Å². The Labute approximate surface area is 119 Å². The summed E-state index contributed by atoms with van der Waals surface area (Å²) in [6.07, 6.45) is 3.97. The third-order valence-electron chi connectivity index (χ3n) is 3.65. The number of ether oxygens (including phenoxy) is 1. The maximum atomic E-state index is 5.89. The van der Waals surface area contributed by atoms with Crippen molar-refractivity contribution in [1.29, 1.82) is 0 Å². The number of rotatable bonds is 4. The van der Waals surface area contributed by atoms with E-state index in [1.165, 1.54) is 6.42 Å². The van der Waals surface area contributed by atoms with Gasteiger partial charge in [-0.1, -0.05) is 18.2 Å². The molecule has 20 heavy (non-hydrogen) atoms. The van der Waals surface area contributed by atoms with E-state index in [0.29, 0.717) is 12.6 Å². The fourth-order valence-corrected chi connectivity index (χ4v) is 2.62. The van der Waals surface area contributed by atoms with Crippen molar-refractivity contribution in [3.8, 4) is 5.75 Å². The summed E-state index contributed by atoms with van der Waals surface area (Å²) in [6.45, 7) is 3.74. The molecule has 0 saturated carbocycles. The van der Waals surface area contributed by atoms with Crippen LogP contribution in [0.5, 0.6) is 5.75 Å². The number of aryl methyl sites for hydroxylation is 1. The predicted molar refractivity (Wildman–Crippen MR) is 79.1 cm³/mol. The second kappa shape index (κ2) is 5.90. The minimum atomic E-state index is 0.393. The first-order chi connectivity index (χ1) is 9.83. The zero-order valence-electron chi connectivity index (χ0n) is 11.7. The molecule has 2 heterocycles. The molecule has 0 spiro atoms. The SMILES string of the molecule is Cc1cc(N2CCC[C@H]2COc2ccccc2)ncn1. The van der Waals surface area contributed by atoms with Gasteiger partial charge < -0.3 is 9.64 Å². The molecule has 1 atom stereocenters. The predicted octanol–water partition coefficient (Wildman–Crippen LogP) is 2.83. The molecule has 4 heteroatoms. The Morgan fingerprint density at radius 2 is 2.10 bits per heavy atom. The fourth-order valence-electron chi connectivity index (χ4n) is 2.62. The van der Waals surface area contributed by atoms with E-state index in [9.17, 15) is 0 Å². The van der Waals surface area contributed by atoms with Crippen molar-refractivity contribution < 1.29 is 4.74 Å². The number of anilines is 1. The maximum Gasteiger partial charge on any atom is 0.132 e. The highest BCUT2D eigenvalue weighted by Crippen LogP contribution is 2.24. The molecule has 1 aromatic heterocycles. The number of hydrogen-bond donors (Lipinski definition) is 0. The van der Waals surface area contributed by atoms with Crippen LogP contribution in [0, 0.1) is 6.92 Å². The molecule has 1 aliphatic rings. The van der Waals surface area contributed by atoms with Crippen molar-refractivity contribution in [1.82, 2.24) is 9.97 Å². The van der Waals surface area contributed by atoms with Crippen molar-refractivity contribution >= 4 is 5.82 Å². The first-order valence-corrected chi connectivity index (χ1v) is 7.06. The van der Waals surface area contributed by atoms with Crippen molar-refractivity contribution in [3.05, 3.63) is 48.4 Å². The summed E-state index contributed by atoms with van der Waals surface area (Å²) in [5.41, 5.74) is 1.00. The van der Waals surface area contributed by atoms with Crippen LogP contribution in [0.15, 0.2) is 42.7 Å². The molecule has 1 saturated heterocycles. The molecule has 2 aromatic rings. The lowest BCUT2D eigenvalue weighted by Gasteiger charge is -2.25. The van der Waals surface area contributed by atoms with Crippen LogP contribution in [-0.2, 0) is 0 Å². The van der Waals surface area contributed by atoms with E-state index in [2.05, 4.69) is 14.9 Å². The van der Waals surface area contributed by atoms with Gasteiger partial charge in [-0.25, -0.2) is 9.97 Å². The van der Waals surface area contributed by atoms with Gasteiger partial charge in [0.2, 0.25) is 0 Å². The van der Waals surface area contributed by atoms with Crippen LogP contribution in [-0.4, -0.2) is 29.2 Å². The average molecular weight is 269 g/mol. The average Bonchev–Trinajstić information content (AvgIpc) is 2.95. The molecule has 0 amide bonds. The van der Waals surface area contributed by atoms with Gasteiger partial charge in [0.05, 0.1) is 6.04 Å². The summed E-state index contributed by atoms with van der Waals surface area (Å²) in [7, 11) is 0. The van der Waals surface area contributed by atoms with Gasteiger partial charge >= 0.3 is 0 Å². The Morgan fingerprint density at radius 3 is 2.90 bits per heavy atom. The van der Waals surface area contributed by atoms with Crippen LogP contribution in [0.25, 0.3) is 0 Å². The molecule has 3 rings (SSSR count). The van der Waals surface area contributed by atoms with Gasteiger partial charge in [0.15, 0.2) is 0 Å². The number of benzene rings is 1. The molecule has 1 fully saturated rings. The number of hydrogen-bond acceptors (Lipinski definition) is 4. The Balaban J connectivity index is 1.67. The van der Waals surface area contributed by atoms with Gasteiger partial charge in [-0.3, -0.25) is 0 Å².